The lowest BCUT2D eigenvalue weighted by molar-refractivity contribution is -0.136. The van der Waals surface area contributed by atoms with Gasteiger partial charge in [-0.15, -0.1) is 0 Å². The lowest BCUT2D eigenvalue weighted by Gasteiger charge is -2.34. The third-order valence-electron chi connectivity index (χ3n) is 5.51. The molecule has 2 fully saturated rings. The van der Waals surface area contributed by atoms with Crippen molar-refractivity contribution in [2.24, 2.45) is 5.92 Å². The highest BCUT2D eigenvalue weighted by molar-refractivity contribution is 5.79. The molecule has 1 aliphatic heterocycles. The van der Waals surface area contributed by atoms with Crippen LogP contribution in [-0.2, 0) is 11.3 Å². The predicted molar refractivity (Wildman–Crippen MR) is 97.8 cm³/mol. The van der Waals surface area contributed by atoms with Crippen LogP contribution in [-0.4, -0.2) is 66.9 Å². The fraction of sp³-hybridized carbons (Fsp3) is 0.650. The van der Waals surface area contributed by atoms with Gasteiger partial charge in [0.25, 0.3) is 0 Å². The van der Waals surface area contributed by atoms with Crippen LogP contribution in [0.4, 0.5) is 0 Å². The lowest BCUT2D eigenvalue weighted by atomic mass is 10.1. The number of likely N-dealkylation sites (N-methyl/N-ethyl adjacent to an activating group) is 1. The Bertz CT molecular complexity index is 505. The fourth-order valence-corrected chi connectivity index (χ4v) is 3.84. The van der Waals surface area contributed by atoms with Gasteiger partial charge in [-0.25, -0.2) is 0 Å². The zero-order valence-corrected chi connectivity index (χ0v) is 15.0. The molecule has 4 nitrogen and oxygen atoms in total. The van der Waals surface area contributed by atoms with Crippen LogP contribution >= 0.6 is 0 Å². The SMILES string of the molecule is CN1CCN(CCN(Cc2ccccc2)C(=O)C2CCCC2)CC1. The normalized spacial score (nSPS) is 20.4. The van der Waals surface area contributed by atoms with E-state index in [1.165, 1.54) is 18.4 Å². The molecule has 0 bridgehead atoms. The van der Waals surface area contributed by atoms with Gasteiger partial charge in [-0.1, -0.05) is 43.2 Å². The van der Waals surface area contributed by atoms with E-state index in [-0.39, 0.29) is 5.92 Å². The minimum atomic E-state index is 0.265. The Morgan fingerprint density at radius 2 is 1.75 bits per heavy atom. The standard InChI is InChI=1S/C20H31N3O/c1-21-11-13-22(14-12-21)15-16-23(17-18-7-3-2-4-8-18)20(24)19-9-5-6-10-19/h2-4,7-8,19H,5-6,9-17H2,1H3. The first kappa shape index (κ1) is 17.4. The number of rotatable bonds is 6. The molecule has 0 radical (unpaired) electrons. The number of benzene rings is 1. The van der Waals surface area contributed by atoms with Crippen molar-refractivity contribution < 1.29 is 4.79 Å². The van der Waals surface area contributed by atoms with E-state index in [2.05, 4.69) is 46.0 Å². The summed E-state index contributed by atoms with van der Waals surface area (Å²) in [5.74, 6) is 0.645. The zero-order valence-electron chi connectivity index (χ0n) is 15.0. The van der Waals surface area contributed by atoms with Gasteiger partial charge in [0.05, 0.1) is 0 Å². The smallest absolute Gasteiger partial charge is 0.226 e. The van der Waals surface area contributed by atoms with Crippen LogP contribution in [0.2, 0.25) is 0 Å². The van der Waals surface area contributed by atoms with Gasteiger partial charge in [0, 0.05) is 51.7 Å². The average Bonchev–Trinajstić information content (AvgIpc) is 3.15. The summed E-state index contributed by atoms with van der Waals surface area (Å²) in [6, 6.07) is 10.4. The highest BCUT2D eigenvalue weighted by Gasteiger charge is 2.27. The van der Waals surface area contributed by atoms with Crippen LogP contribution < -0.4 is 0 Å². The largest absolute Gasteiger partial charge is 0.337 e. The summed E-state index contributed by atoms with van der Waals surface area (Å²) in [4.78, 5) is 20.0. The van der Waals surface area contributed by atoms with Crippen LogP contribution in [0, 0.1) is 5.92 Å². The van der Waals surface area contributed by atoms with Crippen molar-refractivity contribution in [1.29, 1.82) is 0 Å². The fourth-order valence-electron chi connectivity index (χ4n) is 3.84. The lowest BCUT2D eigenvalue weighted by Crippen LogP contribution is -2.48. The number of carbonyl (C=O) groups is 1. The first-order valence-corrected chi connectivity index (χ1v) is 9.46. The van der Waals surface area contributed by atoms with Crippen molar-refractivity contribution >= 4 is 5.91 Å². The summed E-state index contributed by atoms with van der Waals surface area (Å²) in [5, 5.41) is 0. The van der Waals surface area contributed by atoms with E-state index in [0.717, 1.165) is 58.7 Å². The van der Waals surface area contributed by atoms with Crippen LogP contribution in [0.3, 0.4) is 0 Å². The Labute approximate surface area is 146 Å². The van der Waals surface area contributed by atoms with E-state index in [0.29, 0.717) is 5.91 Å². The van der Waals surface area contributed by atoms with Crippen LogP contribution in [0.5, 0.6) is 0 Å². The molecule has 1 aromatic carbocycles. The third-order valence-corrected chi connectivity index (χ3v) is 5.51. The Kier molecular flexibility index (Phi) is 6.27. The second kappa shape index (κ2) is 8.63. The molecule has 4 heteroatoms. The van der Waals surface area contributed by atoms with Gasteiger partial charge < -0.3 is 9.80 Å². The van der Waals surface area contributed by atoms with Crippen molar-refractivity contribution in [3.8, 4) is 0 Å². The number of carbonyl (C=O) groups excluding carboxylic acids is 1. The van der Waals surface area contributed by atoms with E-state index < -0.39 is 0 Å². The second-order valence-electron chi connectivity index (χ2n) is 7.37. The van der Waals surface area contributed by atoms with Crippen LogP contribution in [0.1, 0.15) is 31.2 Å². The molecule has 1 amide bonds. The highest BCUT2D eigenvalue weighted by atomic mass is 16.2. The van der Waals surface area contributed by atoms with Crippen LogP contribution in [0.15, 0.2) is 30.3 Å². The van der Waals surface area contributed by atoms with E-state index >= 15 is 0 Å². The minimum Gasteiger partial charge on any atom is -0.337 e. The quantitative estimate of drug-likeness (QED) is 0.802. The van der Waals surface area contributed by atoms with E-state index in [9.17, 15) is 4.79 Å². The highest BCUT2D eigenvalue weighted by Crippen LogP contribution is 2.27. The topological polar surface area (TPSA) is 26.8 Å². The summed E-state index contributed by atoms with van der Waals surface area (Å²) in [6.45, 7) is 7.11. The molecule has 0 spiro atoms. The molecule has 0 aromatic heterocycles. The molecule has 1 saturated carbocycles. The van der Waals surface area contributed by atoms with E-state index in [4.69, 9.17) is 0 Å². The second-order valence-corrected chi connectivity index (χ2v) is 7.37. The number of nitrogens with zero attached hydrogens (tertiary/aromatic N) is 3. The molecular weight excluding hydrogens is 298 g/mol. The summed E-state index contributed by atoms with van der Waals surface area (Å²) < 4.78 is 0. The van der Waals surface area contributed by atoms with Gasteiger partial charge in [-0.05, 0) is 25.5 Å². The maximum absolute atomic E-state index is 13.0. The van der Waals surface area contributed by atoms with Gasteiger partial charge in [0.2, 0.25) is 5.91 Å². The van der Waals surface area contributed by atoms with Crippen molar-refractivity contribution in [1.82, 2.24) is 14.7 Å². The van der Waals surface area contributed by atoms with E-state index in [1.807, 2.05) is 6.07 Å². The molecule has 0 unspecified atom stereocenters. The molecule has 132 valence electrons. The maximum Gasteiger partial charge on any atom is 0.226 e. The Balaban J connectivity index is 1.59. The molecule has 0 N–H and O–H groups in total. The number of hydrogen-bond acceptors (Lipinski definition) is 3. The third kappa shape index (κ3) is 4.81. The first-order valence-electron chi connectivity index (χ1n) is 9.46. The molecule has 3 rings (SSSR count). The summed E-state index contributed by atoms with van der Waals surface area (Å²) >= 11 is 0. The molecule has 1 aliphatic carbocycles. The molecule has 0 atom stereocenters. The summed E-state index contributed by atoms with van der Waals surface area (Å²) in [7, 11) is 2.18. The van der Waals surface area contributed by atoms with Gasteiger partial charge >= 0.3 is 0 Å². The summed E-state index contributed by atoms with van der Waals surface area (Å²) in [5.41, 5.74) is 1.24. The average molecular weight is 329 g/mol. The Hall–Kier alpha value is -1.39. The molecule has 2 aliphatic rings. The Morgan fingerprint density at radius 3 is 2.42 bits per heavy atom. The van der Waals surface area contributed by atoms with Crippen molar-refractivity contribution in [3.05, 3.63) is 35.9 Å². The molecule has 24 heavy (non-hydrogen) atoms. The first-order chi connectivity index (χ1) is 11.7. The predicted octanol–water partition coefficient (Wildman–Crippen LogP) is 2.45. The van der Waals surface area contributed by atoms with E-state index in [1.54, 1.807) is 0 Å². The molecule has 1 heterocycles. The Morgan fingerprint density at radius 1 is 1.08 bits per heavy atom. The van der Waals surface area contributed by atoms with Crippen molar-refractivity contribution in [2.75, 3.05) is 46.3 Å². The van der Waals surface area contributed by atoms with Gasteiger partial charge in [-0.3, -0.25) is 9.69 Å². The van der Waals surface area contributed by atoms with Gasteiger partial charge in [0.1, 0.15) is 0 Å². The molecule has 1 aromatic rings. The van der Waals surface area contributed by atoms with Gasteiger partial charge in [-0.2, -0.15) is 0 Å². The maximum atomic E-state index is 13.0. The number of piperazine rings is 1. The molecule has 1 saturated heterocycles. The molecular formula is C20H31N3O. The minimum absolute atomic E-state index is 0.265. The number of hydrogen-bond donors (Lipinski definition) is 0. The monoisotopic (exact) mass is 329 g/mol. The summed E-state index contributed by atoms with van der Waals surface area (Å²) in [6.07, 6.45) is 4.60. The zero-order chi connectivity index (χ0) is 16.8. The van der Waals surface area contributed by atoms with Crippen molar-refractivity contribution in [2.45, 2.75) is 32.2 Å². The number of amides is 1. The van der Waals surface area contributed by atoms with Gasteiger partial charge in [0.15, 0.2) is 0 Å². The van der Waals surface area contributed by atoms with Crippen molar-refractivity contribution in [3.63, 3.8) is 0 Å². The van der Waals surface area contributed by atoms with Crippen LogP contribution in [0.25, 0.3) is 0 Å².